The van der Waals surface area contributed by atoms with Crippen LogP contribution in [0.3, 0.4) is 0 Å². The van der Waals surface area contributed by atoms with E-state index in [9.17, 15) is 5.11 Å². The van der Waals surface area contributed by atoms with E-state index in [1.807, 2.05) is 11.0 Å². The summed E-state index contributed by atoms with van der Waals surface area (Å²) in [7, 11) is 0. The quantitative estimate of drug-likeness (QED) is 0.670. The summed E-state index contributed by atoms with van der Waals surface area (Å²) in [5.41, 5.74) is 0.313. The smallest absolute Gasteiger partial charge is 0.163 e. The zero-order valence-corrected chi connectivity index (χ0v) is 7.59. The van der Waals surface area contributed by atoms with Crippen LogP contribution >= 0.6 is 0 Å². The van der Waals surface area contributed by atoms with Crippen molar-refractivity contribution in [3.63, 3.8) is 0 Å². The van der Waals surface area contributed by atoms with Crippen LogP contribution in [0.1, 0.15) is 12.1 Å². The normalized spacial score (nSPS) is 20.9. The van der Waals surface area contributed by atoms with Gasteiger partial charge in [0, 0.05) is 13.1 Å². The molecule has 1 saturated heterocycles. The number of hydrogen-bond acceptors (Lipinski definition) is 5. The van der Waals surface area contributed by atoms with Gasteiger partial charge >= 0.3 is 0 Å². The Morgan fingerprint density at radius 3 is 2.86 bits per heavy atom. The molecule has 2 heterocycles. The maximum absolute atomic E-state index is 9.32. The maximum atomic E-state index is 9.32. The molecule has 1 aromatic rings. The van der Waals surface area contributed by atoms with Crippen LogP contribution in [-0.2, 0) is 0 Å². The number of anilines is 1. The van der Waals surface area contributed by atoms with Crippen LogP contribution < -0.4 is 4.90 Å². The molecule has 14 heavy (non-hydrogen) atoms. The van der Waals surface area contributed by atoms with Crippen molar-refractivity contribution in [3.05, 3.63) is 17.8 Å². The lowest BCUT2D eigenvalue weighted by molar-refractivity contribution is 0.198. The number of β-amino-alcohol motifs (C(OH)–C–C–N with tert-alkyl or cyclic N) is 1. The fourth-order valence-electron chi connectivity index (χ4n) is 1.50. The third-order valence-electron chi connectivity index (χ3n) is 2.25. The molecule has 72 valence electrons. The van der Waals surface area contributed by atoms with Crippen LogP contribution in [0, 0.1) is 11.3 Å². The first-order valence-electron chi connectivity index (χ1n) is 4.46. The van der Waals surface area contributed by atoms with Crippen molar-refractivity contribution in [3.8, 4) is 6.07 Å². The summed E-state index contributed by atoms with van der Waals surface area (Å²) in [5.74, 6) is 0.723. The fraction of sp³-hybridized carbons (Fsp3) is 0.444. The molecule has 2 rings (SSSR count). The molecule has 0 radical (unpaired) electrons. The molecule has 1 aliphatic rings. The van der Waals surface area contributed by atoms with Crippen LogP contribution in [0.25, 0.3) is 0 Å². The van der Waals surface area contributed by atoms with Gasteiger partial charge in [-0.05, 0) is 18.6 Å². The molecule has 5 heteroatoms. The van der Waals surface area contributed by atoms with E-state index in [1.54, 1.807) is 12.1 Å². The first kappa shape index (κ1) is 8.91. The van der Waals surface area contributed by atoms with Crippen molar-refractivity contribution in [2.24, 2.45) is 0 Å². The highest BCUT2D eigenvalue weighted by molar-refractivity contribution is 5.40. The van der Waals surface area contributed by atoms with Crippen LogP contribution in [0.2, 0.25) is 0 Å². The Hall–Kier alpha value is -1.67. The summed E-state index contributed by atoms with van der Waals surface area (Å²) >= 11 is 0. The van der Waals surface area contributed by atoms with E-state index >= 15 is 0 Å². The summed E-state index contributed by atoms with van der Waals surface area (Å²) in [4.78, 5) is 1.96. The average molecular weight is 190 g/mol. The number of aliphatic hydroxyl groups is 1. The van der Waals surface area contributed by atoms with Gasteiger partial charge in [-0.15, -0.1) is 10.2 Å². The second-order valence-corrected chi connectivity index (χ2v) is 3.28. The van der Waals surface area contributed by atoms with Gasteiger partial charge in [0.1, 0.15) is 6.07 Å². The third kappa shape index (κ3) is 1.65. The minimum atomic E-state index is -0.271. The fourth-order valence-corrected chi connectivity index (χ4v) is 1.50. The Morgan fingerprint density at radius 2 is 2.36 bits per heavy atom. The molecule has 0 aromatic carbocycles. The second-order valence-electron chi connectivity index (χ2n) is 3.28. The highest BCUT2D eigenvalue weighted by atomic mass is 16.3. The van der Waals surface area contributed by atoms with E-state index in [0.717, 1.165) is 18.8 Å². The van der Waals surface area contributed by atoms with Gasteiger partial charge in [0.25, 0.3) is 0 Å². The summed E-state index contributed by atoms with van der Waals surface area (Å²) in [5, 5.41) is 25.5. The first-order valence-corrected chi connectivity index (χ1v) is 4.46. The lowest BCUT2D eigenvalue weighted by Crippen LogP contribution is -2.22. The van der Waals surface area contributed by atoms with Gasteiger partial charge in [-0.3, -0.25) is 0 Å². The van der Waals surface area contributed by atoms with E-state index in [-0.39, 0.29) is 6.10 Å². The zero-order chi connectivity index (χ0) is 9.97. The molecule has 0 saturated carbocycles. The minimum absolute atomic E-state index is 0.271. The molecular formula is C9H10N4O. The zero-order valence-electron chi connectivity index (χ0n) is 7.59. The van der Waals surface area contributed by atoms with Crippen molar-refractivity contribution in [2.45, 2.75) is 12.5 Å². The molecule has 0 aliphatic carbocycles. The van der Waals surface area contributed by atoms with Crippen LogP contribution in [0.4, 0.5) is 5.82 Å². The monoisotopic (exact) mass is 190 g/mol. The largest absolute Gasteiger partial charge is 0.391 e. The van der Waals surface area contributed by atoms with Gasteiger partial charge in [-0.1, -0.05) is 0 Å². The van der Waals surface area contributed by atoms with E-state index in [4.69, 9.17) is 5.26 Å². The highest BCUT2D eigenvalue weighted by Gasteiger charge is 2.21. The van der Waals surface area contributed by atoms with Gasteiger partial charge in [-0.2, -0.15) is 5.26 Å². The van der Waals surface area contributed by atoms with E-state index in [1.165, 1.54) is 0 Å². The number of hydrogen-bond donors (Lipinski definition) is 1. The molecule has 1 N–H and O–H groups in total. The number of rotatable bonds is 1. The predicted octanol–water partition coefficient (Wildman–Crippen LogP) is -0.0807. The summed E-state index contributed by atoms with van der Waals surface area (Å²) < 4.78 is 0. The maximum Gasteiger partial charge on any atom is 0.163 e. The standard InChI is InChI=1S/C9H10N4O/c10-5-7-1-2-9(12-11-7)13-4-3-8(14)6-13/h1-2,8,14H,3-4,6H2. The van der Waals surface area contributed by atoms with E-state index < -0.39 is 0 Å². The summed E-state index contributed by atoms with van der Waals surface area (Å²) in [6, 6.07) is 5.30. The Kier molecular flexibility index (Phi) is 2.29. The Balaban J connectivity index is 2.14. The van der Waals surface area contributed by atoms with E-state index in [0.29, 0.717) is 12.2 Å². The van der Waals surface area contributed by atoms with Gasteiger partial charge in [0.15, 0.2) is 11.5 Å². The van der Waals surface area contributed by atoms with Gasteiger partial charge in [0.05, 0.1) is 6.10 Å². The Labute approximate surface area is 81.6 Å². The van der Waals surface area contributed by atoms with Crippen LogP contribution in [0.5, 0.6) is 0 Å². The highest BCUT2D eigenvalue weighted by Crippen LogP contribution is 2.16. The van der Waals surface area contributed by atoms with Gasteiger partial charge < -0.3 is 10.0 Å². The third-order valence-corrected chi connectivity index (χ3v) is 2.25. The average Bonchev–Trinajstić information content (AvgIpc) is 2.65. The van der Waals surface area contributed by atoms with Gasteiger partial charge in [0.2, 0.25) is 0 Å². The molecule has 1 fully saturated rings. The van der Waals surface area contributed by atoms with Crippen molar-refractivity contribution in [1.29, 1.82) is 5.26 Å². The number of aliphatic hydroxyl groups excluding tert-OH is 1. The molecule has 0 spiro atoms. The van der Waals surface area contributed by atoms with Gasteiger partial charge in [-0.25, -0.2) is 0 Å². The summed E-state index contributed by atoms with van der Waals surface area (Å²) in [6.45, 7) is 1.39. The van der Waals surface area contributed by atoms with Crippen molar-refractivity contribution >= 4 is 5.82 Å². The summed E-state index contributed by atoms with van der Waals surface area (Å²) in [6.07, 6.45) is 0.495. The second kappa shape index (κ2) is 3.60. The number of nitriles is 1. The lowest BCUT2D eigenvalue weighted by Gasteiger charge is -2.14. The SMILES string of the molecule is N#Cc1ccc(N2CCC(O)C2)nn1. The molecule has 0 bridgehead atoms. The topological polar surface area (TPSA) is 73.0 Å². The van der Waals surface area contributed by atoms with Crippen LogP contribution in [0.15, 0.2) is 12.1 Å². The molecule has 1 atom stereocenters. The van der Waals surface area contributed by atoms with Crippen molar-refractivity contribution in [2.75, 3.05) is 18.0 Å². The molecule has 1 aliphatic heterocycles. The number of aromatic nitrogens is 2. The molecule has 1 aromatic heterocycles. The van der Waals surface area contributed by atoms with E-state index in [2.05, 4.69) is 10.2 Å². The molecule has 5 nitrogen and oxygen atoms in total. The Bertz CT molecular complexity index is 356. The minimum Gasteiger partial charge on any atom is -0.391 e. The van der Waals surface area contributed by atoms with Crippen molar-refractivity contribution < 1.29 is 5.11 Å². The molecular weight excluding hydrogens is 180 g/mol. The van der Waals surface area contributed by atoms with Crippen LogP contribution in [-0.4, -0.2) is 34.5 Å². The molecule has 0 amide bonds. The predicted molar refractivity (Wildman–Crippen MR) is 49.6 cm³/mol. The molecule has 1 unspecified atom stereocenters. The Morgan fingerprint density at radius 1 is 1.50 bits per heavy atom. The first-order chi connectivity index (χ1) is 6.79. The number of nitrogens with zero attached hydrogens (tertiary/aromatic N) is 4. The van der Waals surface area contributed by atoms with Crippen molar-refractivity contribution in [1.82, 2.24) is 10.2 Å². The lowest BCUT2D eigenvalue weighted by atomic mass is 10.3.